The first-order chi connectivity index (χ1) is 7.79. The van der Waals surface area contributed by atoms with Gasteiger partial charge in [-0.25, -0.2) is 0 Å². The fourth-order valence-electron chi connectivity index (χ4n) is 2.68. The summed E-state index contributed by atoms with van der Waals surface area (Å²) in [4.78, 5) is 0. The molecule has 0 spiro atoms. The highest BCUT2D eigenvalue weighted by atomic mass is 16.5. The highest BCUT2D eigenvalue weighted by molar-refractivity contribution is 5.00. The largest absolute Gasteiger partial charge is 0.377 e. The smallest absolute Gasteiger partial charge is 0.0844 e. The standard InChI is InChI=1S/C13H24N2O/c1-3-4-6-9-12(15-14)13(16-2)10-7-5-8-11-13/h12,15H,5-11,14H2,1-2H3. The molecule has 0 saturated heterocycles. The van der Waals surface area contributed by atoms with Gasteiger partial charge in [0.1, 0.15) is 0 Å². The Morgan fingerprint density at radius 1 is 1.38 bits per heavy atom. The number of ether oxygens (including phenoxy) is 1. The van der Waals surface area contributed by atoms with Gasteiger partial charge in [-0.2, -0.15) is 0 Å². The van der Waals surface area contributed by atoms with Gasteiger partial charge in [-0.3, -0.25) is 11.3 Å². The van der Waals surface area contributed by atoms with Crippen LogP contribution < -0.4 is 11.3 Å². The lowest BCUT2D eigenvalue weighted by Crippen LogP contribution is -2.55. The predicted octanol–water partition coefficient (Wildman–Crippen LogP) is 1.97. The number of hydrogen-bond donors (Lipinski definition) is 2. The molecule has 1 aliphatic carbocycles. The van der Waals surface area contributed by atoms with Gasteiger partial charge in [-0.15, -0.1) is 11.8 Å². The molecular formula is C13H24N2O. The van der Waals surface area contributed by atoms with E-state index in [1.807, 2.05) is 6.92 Å². The van der Waals surface area contributed by atoms with Crippen LogP contribution in [0.4, 0.5) is 0 Å². The Balaban J connectivity index is 2.60. The first-order valence-corrected chi connectivity index (χ1v) is 6.20. The lowest BCUT2D eigenvalue weighted by atomic mass is 9.78. The Morgan fingerprint density at radius 2 is 2.06 bits per heavy atom. The van der Waals surface area contributed by atoms with Crippen molar-refractivity contribution in [2.75, 3.05) is 7.11 Å². The molecule has 3 N–H and O–H groups in total. The molecule has 1 rings (SSSR count). The average molecular weight is 224 g/mol. The van der Waals surface area contributed by atoms with E-state index in [4.69, 9.17) is 10.6 Å². The number of methoxy groups -OCH3 is 1. The topological polar surface area (TPSA) is 47.3 Å². The fraction of sp³-hybridized carbons (Fsp3) is 0.846. The van der Waals surface area contributed by atoms with Crippen LogP contribution in [-0.2, 0) is 4.74 Å². The molecule has 0 heterocycles. The second kappa shape index (κ2) is 6.90. The molecule has 0 aromatic carbocycles. The van der Waals surface area contributed by atoms with Gasteiger partial charge < -0.3 is 4.74 Å². The zero-order valence-electron chi connectivity index (χ0n) is 10.5. The SMILES string of the molecule is CC#CCCC(NN)C1(OC)CCCCC1. The van der Waals surface area contributed by atoms with Crippen molar-refractivity contribution in [2.24, 2.45) is 5.84 Å². The summed E-state index contributed by atoms with van der Waals surface area (Å²) in [5.41, 5.74) is 2.86. The van der Waals surface area contributed by atoms with Gasteiger partial charge in [0, 0.05) is 13.5 Å². The van der Waals surface area contributed by atoms with Crippen LogP contribution in [0.3, 0.4) is 0 Å². The quantitative estimate of drug-likeness (QED) is 0.426. The van der Waals surface area contributed by atoms with E-state index in [0.29, 0.717) is 0 Å². The molecule has 3 nitrogen and oxygen atoms in total. The van der Waals surface area contributed by atoms with E-state index in [0.717, 1.165) is 25.7 Å². The molecule has 1 aliphatic rings. The molecule has 3 heteroatoms. The molecule has 92 valence electrons. The van der Waals surface area contributed by atoms with E-state index in [-0.39, 0.29) is 11.6 Å². The zero-order valence-corrected chi connectivity index (χ0v) is 10.5. The minimum Gasteiger partial charge on any atom is -0.377 e. The van der Waals surface area contributed by atoms with Crippen molar-refractivity contribution in [3.8, 4) is 11.8 Å². The van der Waals surface area contributed by atoms with Crippen molar-refractivity contribution in [1.29, 1.82) is 0 Å². The molecule has 0 radical (unpaired) electrons. The maximum absolute atomic E-state index is 5.77. The Bertz CT molecular complexity index is 248. The normalized spacial score (nSPS) is 20.9. The lowest BCUT2D eigenvalue weighted by Gasteiger charge is -2.42. The molecular weight excluding hydrogens is 200 g/mol. The van der Waals surface area contributed by atoms with Crippen molar-refractivity contribution >= 4 is 0 Å². The Labute approximate surface area is 99.1 Å². The molecule has 0 bridgehead atoms. The monoisotopic (exact) mass is 224 g/mol. The maximum Gasteiger partial charge on any atom is 0.0844 e. The minimum absolute atomic E-state index is 0.0670. The summed E-state index contributed by atoms with van der Waals surface area (Å²) in [5, 5.41) is 0. The van der Waals surface area contributed by atoms with E-state index >= 15 is 0 Å². The van der Waals surface area contributed by atoms with E-state index < -0.39 is 0 Å². The van der Waals surface area contributed by atoms with Gasteiger partial charge in [0.15, 0.2) is 0 Å². The van der Waals surface area contributed by atoms with Crippen molar-refractivity contribution in [3.05, 3.63) is 0 Å². The third-order valence-corrected chi connectivity index (χ3v) is 3.68. The van der Waals surface area contributed by atoms with E-state index in [1.165, 1.54) is 19.3 Å². The molecule has 1 fully saturated rings. The second-order valence-corrected chi connectivity index (χ2v) is 4.51. The fourth-order valence-corrected chi connectivity index (χ4v) is 2.68. The minimum atomic E-state index is -0.0670. The first-order valence-electron chi connectivity index (χ1n) is 6.20. The molecule has 1 unspecified atom stereocenters. The second-order valence-electron chi connectivity index (χ2n) is 4.51. The summed E-state index contributed by atoms with van der Waals surface area (Å²) in [7, 11) is 1.81. The Hall–Kier alpha value is -0.560. The van der Waals surface area contributed by atoms with Crippen molar-refractivity contribution in [3.63, 3.8) is 0 Å². The predicted molar refractivity (Wildman–Crippen MR) is 66.6 cm³/mol. The molecule has 1 atom stereocenters. The summed E-state index contributed by atoms with van der Waals surface area (Å²) < 4.78 is 5.77. The Morgan fingerprint density at radius 3 is 2.56 bits per heavy atom. The summed E-state index contributed by atoms with van der Waals surface area (Å²) >= 11 is 0. The molecule has 0 aromatic rings. The molecule has 0 aromatic heterocycles. The van der Waals surface area contributed by atoms with Gasteiger partial charge in [-0.05, 0) is 26.2 Å². The number of hydrogen-bond acceptors (Lipinski definition) is 3. The number of nitrogens with one attached hydrogen (secondary N) is 1. The Kier molecular flexibility index (Phi) is 5.83. The third kappa shape index (κ3) is 3.21. The summed E-state index contributed by atoms with van der Waals surface area (Å²) in [5.74, 6) is 11.7. The van der Waals surface area contributed by atoms with Crippen LogP contribution in [0.2, 0.25) is 0 Å². The van der Waals surface area contributed by atoms with Crippen LogP contribution >= 0.6 is 0 Å². The maximum atomic E-state index is 5.77. The van der Waals surface area contributed by atoms with Crippen LogP contribution in [0.1, 0.15) is 51.9 Å². The summed E-state index contributed by atoms with van der Waals surface area (Å²) in [6.07, 6.45) is 7.87. The van der Waals surface area contributed by atoms with E-state index in [1.54, 1.807) is 7.11 Å². The summed E-state index contributed by atoms with van der Waals surface area (Å²) in [6, 6.07) is 0.221. The zero-order chi connectivity index (χ0) is 11.9. The first kappa shape index (κ1) is 13.5. The highest BCUT2D eigenvalue weighted by Crippen LogP contribution is 2.35. The lowest BCUT2D eigenvalue weighted by molar-refractivity contribution is -0.0690. The molecule has 0 aliphatic heterocycles. The average Bonchev–Trinajstić information content (AvgIpc) is 2.35. The van der Waals surface area contributed by atoms with Crippen LogP contribution in [0.15, 0.2) is 0 Å². The van der Waals surface area contributed by atoms with Crippen molar-refractivity contribution < 1.29 is 4.74 Å². The van der Waals surface area contributed by atoms with Crippen molar-refractivity contribution in [1.82, 2.24) is 5.43 Å². The summed E-state index contributed by atoms with van der Waals surface area (Å²) in [6.45, 7) is 1.87. The van der Waals surface area contributed by atoms with E-state index in [2.05, 4.69) is 17.3 Å². The molecule has 16 heavy (non-hydrogen) atoms. The number of hydrazine groups is 1. The van der Waals surface area contributed by atoms with Crippen LogP contribution in [0.5, 0.6) is 0 Å². The third-order valence-electron chi connectivity index (χ3n) is 3.68. The highest BCUT2D eigenvalue weighted by Gasteiger charge is 2.39. The molecule has 1 saturated carbocycles. The molecule has 0 amide bonds. The van der Waals surface area contributed by atoms with E-state index in [9.17, 15) is 0 Å². The number of rotatable bonds is 5. The van der Waals surface area contributed by atoms with Gasteiger partial charge >= 0.3 is 0 Å². The van der Waals surface area contributed by atoms with Gasteiger partial charge in [-0.1, -0.05) is 19.3 Å². The van der Waals surface area contributed by atoms with Crippen LogP contribution in [-0.4, -0.2) is 18.8 Å². The van der Waals surface area contributed by atoms with Crippen molar-refractivity contribution in [2.45, 2.75) is 63.5 Å². The van der Waals surface area contributed by atoms with Gasteiger partial charge in [0.05, 0.1) is 11.6 Å². The van der Waals surface area contributed by atoms with Gasteiger partial charge in [0.2, 0.25) is 0 Å². The van der Waals surface area contributed by atoms with Crippen LogP contribution in [0.25, 0.3) is 0 Å². The van der Waals surface area contributed by atoms with Gasteiger partial charge in [0.25, 0.3) is 0 Å². The van der Waals surface area contributed by atoms with Crippen LogP contribution in [0, 0.1) is 11.8 Å². The number of nitrogens with two attached hydrogens (primary N) is 1.